The number of nitrogens with one attached hydrogen (secondary N) is 1. The van der Waals surface area contributed by atoms with Crippen molar-refractivity contribution in [1.82, 2.24) is 10.2 Å². The molecule has 0 radical (unpaired) electrons. The van der Waals surface area contributed by atoms with E-state index >= 15 is 0 Å². The van der Waals surface area contributed by atoms with E-state index in [1.807, 2.05) is 0 Å². The molecule has 0 aliphatic carbocycles. The first-order valence-electron chi connectivity index (χ1n) is 5.33. The Morgan fingerprint density at radius 3 is 3.14 bits per heavy atom. The summed E-state index contributed by atoms with van der Waals surface area (Å²) in [6.07, 6.45) is 0. The van der Waals surface area contributed by atoms with Gasteiger partial charge in [-0.25, -0.2) is 0 Å². The van der Waals surface area contributed by atoms with Gasteiger partial charge in [-0.2, -0.15) is 0 Å². The normalized spacial score (nSPS) is 37.7. The molecule has 2 rings (SSSR count). The summed E-state index contributed by atoms with van der Waals surface area (Å²) >= 11 is 0. The molecule has 2 saturated heterocycles. The van der Waals surface area contributed by atoms with Crippen molar-refractivity contribution in [1.29, 1.82) is 0 Å². The van der Waals surface area contributed by atoms with Gasteiger partial charge in [-0.15, -0.1) is 0 Å². The van der Waals surface area contributed by atoms with E-state index in [0.717, 1.165) is 39.3 Å². The molecule has 2 aliphatic rings. The highest BCUT2D eigenvalue weighted by Crippen LogP contribution is 2.38. The van der Waals surface area contributed by atoms with Crippen molar-refractivity contribution in [3.8, 4) is 0 Å². The summed E-state index contributed by atoms with van der Waals surface area (Å²) in [6.45, 7) is 6.26. The number of hydrogen-bond donors (Lipinski definition) is 2. The third-order valence-corrected chi connectivity index (χ3v) is 3.68. The molecule has 0 aromatic carbocycles. The first-order valence-corrected chi connectivity index (χ1v) is 5.33. The molecule has 2 heterocycles. The van der Waals surface area contributed by atoms with Crippen LogP contribution in [0.5, 0.6) is 0 Å². The molecule has 0 spiro atoms. The number of likely N-dealkylation sites (tertiary alicyclic amines) is 1. The van der Waals surface area contributed by atoms with Crippen LogP contribution >= 0.6 is 0 Å². The molecule has 0 amide bonds. The van der Waals surface area contributed by atoms with E-state index in [-0.39, 0.29) is 5.41 Å². The zero-order valence-electron chi connectivity index (χ0n) is 8.83. The summed E-state index contributed by atoms with van der Waals surface area (Å²) in [7, 11) is 1.74. The Morgan fingerprint density at radius 2 is 2.50 bits per heavy atom. The predicted octanol–water partition coefficient (Wildman–Crippen LogP) is -0.853. The van der Waals surface area contributed by atoms with Gasteiger partial charge in [0.1, 0.15) is 0 Å². The summed E-state index contributed by atoms with van der Waals surface area (Å²) in [6, 6.07) is 0. The minimum Gasteiger partial charge on any atom is -0.396 e. The van der Waals surface area contributed by atoms with Crippen LogP contribution in [0.4, 0.5) is 0 Å². The monoisotopic (exact) mass is 200 g/mol. The fourth-order valence-electron chi connectivity index (χ4n) is 2.75. The SMILES string of the molecule is COCCN1CC2CNCC2(CO)C1. The second-order valence-electron chi connectivity index (χ2n) is 4.58. The number of nitrogens with zero attached hydrogens (tertiary/aromatic N) is 1. The fraction of sp³-hybridized carbons (Fsp3) is 1.00. The Bertz CT molecular complexity index is 201. The lowest BCUT2D eigenvalue weighted by Gasteiger charge is -2.25. The molecular formula is C10H20N2O2. The minimum absolute atomic E-state index is 0.133. The van der Waals surface area contributed by atoms with Crippen LogP contribution in [-0.2, 0) is 4.74 Å². The van der Waals surface area contributed by atoms with Gasteiger partial charge in [-0.1, -0.05) is 0 Å². The molecule has 0 bridgehead atoms. The molecule has 0 aromatic heterocycles. The summed E-state index contributed by atoms with van der Waals surface area (Å²) < 4.78 is 5.07. The van der Waals surface area contributed by atoms with E-state index in [2.05, 4.69) is 10.2 Å². The lowest BCUT2D eigenvalue weighted by atomic mass is 9.82. The molecule has 0 aromatic rings. The van der Waals surface area contributed by atoms with Crippen molar-refractivity contribution in [3.05, 3.63) is 0 Å². The summed E-state index contributed by atoms with van der Waals surface area (Å²) in [5, 5.41) is 12.8. The highest BCUT2D eigenvalue weighted by molar-refractivity contribution is 5.02. The molecule has 2 N–H and O–H groups in total. The van der Waals surface area contributed by atoms with E-state index < -0.39 is 0 Å². The van der Waals surface area contributed by atoms with Crippen molar-refractivity contribution < 1.29 is 9.84 Å². The maximum atomic E-state index is 9.47. The number of aliphatic hydroxyl groups is 1. The van der Waals surface area contributed by atoms with E-state index in [1.54, 1.807) is 7.11 Å². The van der Waals surface area contributed by atoms with Crippen molar-refractivity contribution in [2.45, 2.75) is 0 Å². The average molecular weight is 200 g/mol. The van der Waals surface area contributed by atoms with Crippen LogP contribution in [0.3, 0.4) is 0 Å². The first kappa shape index (κ1) is 10.4. The molecule has 4 heteroatoms. The Balaban J connectivity index is 1.91. The standard InChI is InChI=1S/C10H20N2O2/c1-14-3-2-12-5-9-4-11-6-10(9,7-12)8-13/h9,11,13H,2-8H2,1H3. The van der Waals surface area contributed by atoms with Crippen molar-refractivity contribution >= 4 is 0 Å². The molecule has 2 fully saturated rings. The topological polar surface area (TPSA) is 44.7 Å². The fourth-order valence-corrected chi connectivity index (χ4v) is 2.75. The quantitative estimate of drug-likeness (QED) is 0.620. The Morgan fingerprint density at radius 1 is 1.64 bits per heavy atom. The van der Waals surface area contributed by atoms with Crippen molar-refractivity contribution in [3.63, 3.8) is 0 Å². The highest BCUT2D eigenvalue weighted by atomic mass is 16.5. The number of fused-ring (bicyclic) bond motifs is 1. The van der Waals surface area contributed by atoms with Gasteiger partial charge in [0.2, 0.25) is 0 Å². The third-order valence-electron chi connectivity index (χ3n) is 3.68. The second-order valence-corrected chi connectivity index (χ2v) is 4.58. The second kappa shape index (κ2) is 4.14. The van der Waals surface area contributed by atoms with Crippen LogP contribution in [0, 0.1) is 11.3 Å². The molecule has 2 atom stereocenters. The van der Waals surface area contributed by atoms with Gasteiger partial charge in [-0.05, 0) is 12.5 Å². The summed E-state index contributed by atoms with van der Waals surface area (Å²) in [4.78, 5) is 2.41. The van der Waals surface area contributed by atoms with E-state index in [0.29, 0.717) is 12.5 Å². The molecule has 14 heavy (non-hydrogen) atoms. The Hall–Kier alpha value is -0.160. The van der Waals surface area contributed by atoms with Gasteiger partial charge in [0.25, 0.3) is 0 Å². The first-order chi connectivity index (χ1) is 6.80. The van der Waals surface area contributed by atoms with Crippen LogP contribution in [0.1, 0.15) is 0 Å². The number of ether oxygens (including phenoxy) is 1. The van der Waals surface area contributed by atoms with Crippen molar-refractivity contribution in [2.75, 3.05) is 53.0 Å². The Kier molecular flexibility index (Phi) is 3.07. The molecule has 4 nitrogen and oxygen atoms in total. The molecule has 2 unspecified atom stereocenters. The largest absolute Gasteiger partial charge is 0.396 e. The van der Waals surface area contributed by atoms with Gasteiger partial charge in [0.15, 0.2) is 0 Å². The third kappa shape index (κ3) is 1.67. The van der Waals surface area contributed by atoms with E-state index in [4.69, 9.17) is 4.74 Å². The van der Waals surface area contributed by atoms with E-state index in [1.165, 1.54) is 0 Å². The summed E-state index contributed by atoms with van der Waals surface area (Å²) in [5.74, 6) is 0.629. The zero-order valence-corrected chi connectivity index (χ0v) is 8.83. The Labute approximate surface area is 85.2 Å². The highest BCUT2D eigenvalue weighted by Gasteiger charge is 2.48. The lowest BCUT2D eigenvalue weighted by molar-refractivity contribution is 0.115. The van der Waals surface area contributed by atoms with Gasteiger partial charge >= 0.3 is 0 Å². The van der Waals surface area contributed by atoms with Crippen LogP contribution in [-0.4, -0.2) is 63.1 Å². The van der Waals surface area contributed by atoms with E-state index in [9.17, 15) is 5.11 Å². The molecule has 2 aliphatic heterocycles. The predicted molar refractivity (Wildman–Crippen MR) is 54.2 cm³/mol. The van der Waals surface area contributed by atoms with Crippen LogP contribution in [0.25, 0.3) is 0 Å². The number of rotatable bonds is 4. The number of methoxy groups -OCH3 is 1. The van der Waals surface area contributed by atoms with Gasteiger partial charge < -0.3 is 15.2 Å². The smallest absolute Gasteiger partial charge is 0.0589 e. The number of aliphatic hydroxyl groups excluding tert-OH is 1. The molecule has 82 valence electrons. The van der Waals surface area contributed by atoms with Gasteiger partial charge in [0.05, 0.1) is 13.2 Å². The molecule has 0 saturated carbocycles. The van der Waals surface area contributed by atoms with Crippen LogP contribution < -0.4 is 5.32 Å². The van der Waals surface area contributed by atoms with Gasteiger partial charge in [0, 0.05) is 38.7 Å². The van der Waals surface area contributed by atoms with Gasteiger partial charge in [-0.3, -0.25) is 4.90 Å². The van der Waals surface area contributed by atoms with Crippen LogP contribution in [0.15, 0.2) is 0 Å². The maximum Gasteiger partial charge on any atom is 0.0589 e. The zero-order chi connectivity index (χ0) is 10.0. The van der Waals surface area contributed by atoms with Crippen molar-refractivity contribution in [2.24, 2.45) is 11.3 Å². The lowest BCUT2D eigenvalue weighted by Crippen LogP contribution is -2.36. The minimum atomic E-state index is 0.133. The number of hydrogen-bond acceptors (Lipinski definition) is 4. The molecular weight excluding hydrogens is 180 g/mol. The maximum absolute atomic E-state index is 9.47. The van der Waals surface area contributed by atoms with Crippen LogP contribution in [0.2, 0.25) is 0 Å². The average Bonchev–Trinajstić information content (AvgIpc) is 2.70. The summed E-state index contributed by atoms with van der Waals surface area (Å²) in [5.41, 5.74) is 0.133.